The highest BCUT2D eigenvalue weighted by molar-refractivity contribution is 5.67. The average molecular weight is 199 g/mol. The molecule has 0 saturated carbocycles. The van der Waals surface area contributed by atoms with E-state index < -0.39 is 0 Å². The predicted molar refractivity (Wildman–Crippen MR) is 51.0 cm³/mol. The highest BCUT2D eigenvalue weighted by atomic mass is 16.6. The number of nitrogens with zero attached hydrogens (tertiary/aromatic N) is 1. The maximum atomic E-state index is 11.5. The van der Waals surface area contributed by atoms with E-state index in [0.717, 1.165) is 32.7 Å². The maximum absolute atomic E-state index is 11.5. The van der Waals surface area contributed by atoms with Crippen LogP contribution in [0.3, 0.4) is 0 Å². The van der Waals surface area contributed by atoms with E-state index in [1.807, 2.05) is 0 Å². The van der Waals surface area contributed by atoms with Crippen molar-refractivity contribution in [2.75, 3.05) is 32.9 Å². The van der Waals surface area contributed by atoms with E-state index in [2.05, 4.69) is 6.92 Å². The highest BCUT2D eigenvalue weighted by Gasteiger charge is 2.26. The van der Waals surface area contributed by atoms with Crippen LogP contribution in [0.4, 0.5) is 4.79 Å². The summed E-state index contributed by atoms with van der Waals surface area (Å²) in [5.74, 6) is 1.05. The SMILES string of the molecule is CC1CCN(C(=O)OCC2COC2)C1. The quantitative estimate of drug-likeness (QED) is 0.668. The number of amides is 1. The lowest BCUT2D eigenvalue weighted by Gasteiger charge is -2.26. The van der Waals surface area contributed by atoms with Crippen molar-refractivity contribution in [1.29, 1.82) is 0 Å². The Morgan fingerprint density at radius 2 is 2.36 bits per heavy atom. The Hall–Kier alpha value is -0.770. The van der Waals surface area contributed by atoms with Crippen molar-refractivity contribution in [3.8, 4) is 0 Å². The van der Waals surface area contributed by atoms with Gasteiger partial charge in [0.2, 0.25) is 0 Å². The van der Waals surface area contributed by atoms with Crippen molar-refractivity contribution >= 4 is 6.09 Å². The minimum atomic E-state index is -0.152. The fourth-order valence-electron chi connectivity index (χ4n) is 1.76. The highest BCUT2D eigenvalue weighted by Crippen LogP contribution is 2.17. The minimum absolute atomic E-state index is 0.152. The Bertz CT molecular complexity index is 215. The van der Waals surface area contributed by atoms with Crippen molar-refractivity contribution in [2.45, 2.75) is 13.3 Å². The predicted octanol–water partition coefficient (Wildman–Crippen LogP) is 1.11. The van der Waals surface area contributed by atoms with E-state index in [9.17, 15) is 4.79 Å². The third kappa shape index (κ3) is 2.18. The Kier molecular flexibility index (Phi) is 2.91. The van der Waals surface area contributed by atoms with Gasteiger partial charge in [-0.25, -0.2) is 4.79 Å². The van der Waals surface area contributed by atoms with Gasteiger partial charge in [0.05, 0.1) is 13.2 Å². The number of carbonyl (C=O) groups is 1. The summed E-state index contributed by atoms with van der Waals surface area (Å²) < 4.78 is 10.2. The topological polar surface area (TPSA) is 38.8 Å². The van der Waals surface area contributed by atoms with Crippen LogP contribution in [0.25, 0.3) is 0 Å². The molecule has 0 bridgehead atoms. The zero-order valence-electron chi connectivity index (χ0n) is 8.57. The third-order valence-corrected chi connectivity index (χ3v) is 2.83. The van der Waals surface area contributed by atoms with Gasteiger partial charge in [-0.3, -0.25) is 0 Å². The number of likely N-dealkylation sites (tertiary alicyclic amines) is 1. The van der Waals surface area contributed by atoms with Crippen molar-refractivity contribution in [1.82, 2.24) is 4.90 Å². The number of hydrogen-bond acceptors (Lipinski definition) is 3. The molecular formula is C10H17NO3. The van der Waals surface area contributed by atoms with Crippen molar-refractivity contribution in [3.05, 3.63) is 0 Å². The lowest BCUT2D eigenvalue weighted by Crippen LogP contribution is -2.36. The van der Waals surface area contributed by atoms with Gasteiger partial charge in [-0.15, -0.1) is 0 Å². The Balaban J connectivity index is 1.67. The van der Waals surface area contributed by atoms with Crippen molar-refractivity contribution in [2.24, 2.45) is 11.8 Å². The van der Waals surface area contributed by atoms with E-state index in [-0.39, 0.29) is 6.09 Å². The zero-order chi connectivity index (χ0) is 9.97. The van der Waals surface area contributed by atoms with Crippen LogP contribution in [-0.4, -0.2) is 43.9 Å². The summed E-state index contributed by atoms with van der Waals surface area (Å²) in [7, 11) is 0. The van der Waals surface area contributed by atoms with Gasteiger partial charge in [0.15, 0.2) is 0 Å². The van der Waals surface area contributed by atoms with Crippen LogP contribution in [0, 0.1) is 11.8 Å². The summed E-state index contributed by atoms with van der Waals surface area (Å²) >= 11 is 0. The second-order valence-electron chi connectivity index (χ2n) is 4.32. The second kappa shape index (κ2) is 4.17. The lowest BCUT2D eigenvalue weighted by molar-refractivity contribution is -0.0607. The number of ether oxygens (including phenoxy) is 2. The molecule has 4 heteroatoms. The van der Waals surface area contributed by atoms with E-state index >= 15 is 0 Å². The van der Waals surface area contributed by atoms with Crippen LogP contribution in [0.2, 0.25) is 0 Å². The first-order chi connectivity index (χ1) is 6.75. The molecule has 0 aromatic carbocycles. The molecule has 2 aliphatic heterocycles. The van der Waals surface area contributed by atoms with E-state index in [1.165, 1.54) is 0 Å². The van der Waals surface area contributed by atoms with Gasteiger partial charge in [-0.1, -0.05) is 6.92 Å². The average Bonchev–Trinajstić information content (AvgIpc) is 2.49. The largest absolute Gasteiger partial charge is 0.449 e. The summed E-state index contributed by atoms with van der Waals surface area (Å²) in [6.07, 6.45) is 0.947. The number of rotatable bonds is 2. The number of carbonyl (C=O) groups excluding carboxylic acids is 1. The van der Waals surface area contributed by atoms with Gasteiger partial charge in [-0.2, -0.15) is 0 Å². The van der Waals surface area contributed by atoms with E-state index in [4.69, 9.17) is 9.47 Å². The Morgan fingerprint density at radius 3 is 2.86 bits per heavy atom. The van der Waals surface area contributed by atoms with Crippen molar-refractivity contribution in [3.63, 3.8) is 0 Å². The van der Waals surface area contributed by atoms with Gasteiger partial charge in [0.1, 0.15) is 6.61 Å². The third-order valence-electron chi connectivity index (χ3n) is 2.83. The molecule has 1 unspecified atom stereocenters. The lowest BCUT2D eigenvalue weighted by atomic mass is 10.1. The monoisotopic (exact) mass is 199 g/mol. The normalized spacial score (nSPS) is 27.5. The molecule has 80 valence electrons. The minimum Gasteiger partial charge on any atom is -0.449 e. The molecule has 0 aliphatic carbocycles. The van der Waals surface area contributed by atoms with Gasteiger partial charge in [0, 0.05) is 19.0 Å². The fourth-order valence-corrected chi connectivity index (χ4v) is 1.76. The van der Waals surface area contributed by atoms with E-state index in [0.29, 0.717) is 18.4 Å². The maximum Gasteiger partial charge on any atom is 0.409 e. The molecule has 1 amide bonds. The Labute approximate surface area is 84.2 Å². The first-order valence-corrected chi connectivity index (χ1v) is 5.25. The smallest absolute Gasteiger partial charge is 0.409 e. The van der Waals surface area contributed by atoms with Gasteiger partial charge in [0.25, 0.3) is 0 Å². The first-order valence-electron chi connectivity index (χ1n) is 5.25. The van der Waals surface area contributed by atoms with Crippen LogP contribution >= 0.6 is 0 Å². The van der Waals surface area contributed by atoms with Gasteiger partial charge >= 0.3 is 6.09 Å². The zero-order valence-corrected chi connectivity index (χ0v) is 8.57. The van der Waals surface area contributed by atoms with Gasteiger partial charge < -0.3 is 14.4 Å². The molecule has 4 nitrogen and oxygen atoms in total. The van der Waals surface area contributed by atoms with Crippen LogP contribution < -0.4 is 0 Å². The molecule has 2 heterocycles. The molecule has 0 N–H and O–H groups in total. The van der Waals surface area contributed by atoms with E-state index in [1.54, 1.807) is 4.90 Å². The molecule has 1 atom stereocenters. The van der Waals surface area contributed by atoms with Crippen molar-refractivity contribution < 1.29 is 14.3 Å². The summed E-state index contributed by atoms with van der Waals surface area (Å²) in [6, 6.07) is 0. The van der Waals surface area contributed by atoms with Gasteiger partial charge in [-0.05, 0) is 12.3 Å². The molecule has 2 aliphatic rings. The molecule has 0 aromatic rings. The van der Waals surface area contributed by atoms with Crippen LogP contribution in [-0.2, 0) is 9.47 Å². The van der Waals surface area contributed by atoms with Crippen LogP contribution in [0.15, 0.2) is 0 Å². The van der Waals surface area contributed by atoms with Crippen LogP contribution in [0.5, 0.6) is 0 Å². The molecule has 2 fully saturated rings. The molecule has 14 heavy (non-hydrogen) atoms. The first kappa shape index (κ1) is 9.77. The summed E-state index contributed by atoms with van der Waals surface area (Å²) in [4.78, 5) is 13.3. The molecule has 0 aromatic heterocycles. The summed E-state index contributed by atoms with van der Waals surface area (Å²) in [5.41, 5.74) is 0. The standard InChI is InChI=1S/C10H17NO3/c1-8-2-3-11(4-8)10(12)14-7-9-5-13-6-9/h8-9H,2-7H2,1H3. The number of hydrogen-bond donors (Lipinski definition) is 0. The molecule has 2 saturated heterocycles. The van der Waals surface area contributed by atoms with Crippen LogP contribution in [0.1, 0.15) is 13.3 Å². The Morgan fingerprint density at radius 1 is 1.57 bits per heavy atom. The molecule has 0 radical (unpaired) electrons. The molecular weight excluding hydrogens is 182 g/mol. The molecule has 0 spiro atoms. The summed E-state index contributed by atoms with van der Waals surface area (Å²) in [6.45, 7) is 5.85. The second-order valence-corrected chi connectivity index (χ2v) is 4.32. The fraction of sp³-hybridized carbons (Fsp3) is 0.900. The molecule has 2 rings (SSSR count). The summed E-state index contributed by atoms with van der Waals surface area (Å²) in [5, 5.41) is 0.